The molecule has 8 nitrogen and oxygen atoms in total. The monoisotopic (exact) mass is 327 g/mol. The largest absolute Gasteiger partial charge is 0.480 e. The first-order valence-corrected chi connectivity index (χ1v) is 7.50. The summed E-state index contributed by atoms with van der Waals surface area (Å²) in [6.45, 7) is 1.49. The molecule has 1 unspecified atom stereocenters. The summed E-state index contributed by atoms with van der Waals surface area (Å²) in [5, 5.41) is 17.6. The Morgan fingerprint density at radius 3 is 2.79 bits per heavy atom. The van der Waals surface area contributed by atoms with Crippen LogP contribution in [0.15, 0.2) is 36.7 Å². The molecule has 3 rings (SSSR count). The van der Waals surface area contributed by atoms with E-state index >= 15 is 0 Å². The van der Waals surface area contributed by atoms with Crippen molar-refractivity contribution in [3.05, 3.63) is 42.2 Å². The number of hydrogen-bond donors (Lipinski definition) is 4. The molecule has 0 aliphatic carbocycles. The van der Waals surface area contributed by atoms with E-state index in [4.69, 9.17) is 5.11 Å². The summed E-state index contributed by atoms with van der Waals surface area (Å²) in [5.41, 5.74) is 1.39. The topological polar surface area (TPSA) is 116 Å². The molecule has 2 aromatic rings. The third-order valence-corrected chi connectivity index (χ3v) is 3.73. The first-order chi connectivity index (χ1) is 11.5. The summed E-state index contributed by atoms with van der Waals surface area (Å²) in [4.78, 5) is 31.5. The van der Waals surface area contributed by atoms with Crippen molar-refractivity contribution < 1.29 is 14.7 Å². The van der Waals surface area contributed by atoms with E-state index in [1.807, 2.05) is 30.3 Å². The predicted octanol–water partition coefficient (Wildman–Crippen LogP) is 1.34. The lowest BCUT2D eigenvalue weighted by atomic mass is 10.0. The van der Waals surface area contributed by atoms with Crippen LogP contribution in [0.25, 0.3) is 0 Å². The number of hydrogen-bond acceptors (Lipinski definition) is 6. The number of aliphatic carboxylic acids is 1. The van der Waals surface area contributed by atoms with Crippen molar-refractivity contribution in [3.63, 3.8) is 0 Å². The van der Waals surface area contributed by atoms with Crippen LogP contribution in [-0.2, 0) is 16.0 Å². The zero-order valence-corrected chi connectivity index (χ0v) is 13.0. The molecular formula is C16H17N5O3. The van der Waals surface area contributed by atoms with Gasteiger partial charge < -0.3 is 21.1 Å². The second kappa shape index (κ2) is 6.53. The van der Waals surface area contributed by atoms with E-state index in [0.29, 0.717) is 17.9 Å². The van der Waals surface area contributed by atoms with Crippen molar-refractivity contribution in [3.8, 4) is 0 Å². The standard InChI is InChI=1S/C16H17N5O3/c1-9(16(23)24)19-13-12-14(18-8-17-13)20-11(15(22)21-12)7-10-5-3-2-4-6-10/h2-6,8-9,11H,7H2,1H3,(H,21,22)(H,23,24)(H2,17,18,19,20)/t9-,11?/m0/s1. The number of fused-ring (bicyclic) bond motifs is 1. The average molecular weight is 327 g/mol. The lowest BCUT2D eigenvalue weighted by molar-refractivity contribution is -0.137. The Balaban J connectivity index is 1.81. The molecule has 0 bridgehead atoms. The molecule has 2 heterocycles. The van der Waals surface area contributed by atoms with Crippen molar-refractivity contribution in [1.29, 1.82) is 0 Å². The highest BCUT2D eigenvalue weighted by molar-refractivity contribution is 6.05. The molecule has 8 heteroatoms. The molecule has 1 aliphatic rings. The molecular weight excluding hydrogens is 310 g/mol. The minimum Gasteiger partial charge on any atom is -0.480 e. The molecule has 0 spiro atoms. The summed E-state index contributed by atoms with van der Waals surface area (Å²) in [6, 6.07) is 8.35. The van der Waals surface area contributed by atoms with Gasteiger partial charge >= 0.3 is 5.97 Å². The molecule has 1 aliphatic heterocycles. The van der Waals surface area contributed by atoms with Gasteiger partial charge in [-0.1, -0.05) is 30.3 Å². The zero-order chi connectivity index (χ0) is 17.1. The fraction of sp³-hybridized carbons (Fsp3) is 0.250. The fourth-order valence-electron chi connectivity index (χ4n) is 2.42. The third kappa shape index (κ3) is 3.27. The minimum atomic E-state index is -1.01. The van der Waals surface area contributed by atoms with E-state index in [1.165, 1.54) is 13.3 Å². The molecule has 4 N–H and O–H groups in total. The Hall–Kier alpha value is -3.16. The van der Waals surface area contributed by atoms with Crippen LogP contribution in [0.5, 0.6) is 0 Å². The average Bonchev–Trinajstić information content (AvgIpc) is 2.57. The Morgan fingerprint density at radius 1 is 1.33 bits per heavy atom. The Kier molecular flexibility index (Phi) is 4.28. The Labute approximate surface area is 138 Å². The summed E-state index contributed by atoms with van der Waals surface area (Å²) >= 11 is 0. The quantitative estimate of drug-likeness (QED) is 0.655. The first kappa shape index (κ1) is 15.7. The van der Waals surface area contributed by atoms with Crippen molar-refractivity contribution in [1.82, 2.24) is 9.97 Å². The third-order valence-electron chi connectivity index (χ3n) is 3.73. The van der Waals surface area contributed by atoms with Gasteiger partial charge in [-0.25, -0.2) is 9.97 Å². The number of carboxylic acid groups (broad SMARTS) is 1. The van der Waals surface area contributed by atoms with E-state index in [1.54, 1.807) is 0 Å². The van der Waals surface area contributed by atoms with Crippen LogP contribution in [0, 0.1) is 0 Å². The Bertz CT molecular complexity index is 766. The van der Waals surface area contributed by atoms with Gasteiger partial charge in [0.25, 0.3) is 0 Å². The van der Waals surface area contributed by atoms with Crippen LogP contribution in [0.2, 0.25) is 0 Å². The van der Waals surface area contributed by atoms with Gasteiger partial charge in [-0.2, -0.15) is 0 Å². The van der Waals surface area contributed by atoms with E-state index in [2.05, 4.69) is 25.9 Å². The van der Waals surface area contributed by atoms with Crippen molar-refractivity contribution >= 4 is 29.2 Å². The van der Waals surface area contributed by atoms with Crippen LogP contribution in [0.3, 0.4) is 0 Å². The summed E-state index contributed by atoms with van der Waals surface area (Å²) < 4.78 is 0. The molecule has 2 atom stereocenters. The van der Waals surface area contributed by atoms with Crippen molar-refractivity contribution in [2.75, 3.05) is 16.0 Å². The van der Waals surface area contributed by atoms with Crippen molar-refractivity contribution in [2.24, 2.45) is 0 Å². The highest BCUT2D eigenvalue weighted by Gasteiger charge is 2.29. The molecule has 1 amide bonds. The molecule has 1 aromatic heterocycles. The molecule has 0 saturated heterocycles. The molecule has 0 saturated carbocycles. The zero-order valence-electron chi connectivity index (χ0n) is 13.0. The molecule has 1 aromatic carbocycles. The maximum absolute atomic E-state index is 12.4. The highest BCUT2D eigenvalue weighted by Crippen LogP contribution is 2.31. The maximum atomic E-state index is 12.4. The Morgan fingerprint density at radius 2 is 2.08 bits per heavy atom. The SMILES string of the molecule is C[C@H](Nc1ncnc2c1NC(=O)C(Cc1ccccc1)N2)C(=O)O. The smallest absolute Gasteiger partial charge is 0.325 e. The number of carbonyl (C=O) groups excluding carboxylic acids is 1. The highest BCUT2D eigenvalue weighted by atomic mass is 16.4. The molecule has 124 valence electrons. The molecule has 0 radical (unpaired) electrons. The number of carboxylic acids is 1. The van der Waals surface area contributed by atoms with E-state index in [-0.39, 0.29) is 11.7 Å². The number of nitrogens with one attached hydrogen (secondary N) is 3. The second-order valence-electron chi connectivity index (χ2n) is 5.53. The van der Waals surface area contributed by atoms with Gasteiger partial charge in [-0.15, -0.1) is 0 Å². The number of benzene rings is 1. The van der Waals surface area contributed by atoms with Crippen molar-refractivity contribution in [2.45, 2.75) is 25.4 Å². The number of nitrogens with zero attached hydrogens (tertiary/aromatic N) is 2. The fourth-order valence-corrected chi connectivity index (χ4v) is 2.42. The number of aromatic nitrogens is 2. The van der Waals surface area contributed by atoms with Crippen LogP contribution in [0.1, 0.15) is 12.5 Å². The van der Waals surface area contributed by atoms with E-state index in [0.717, 1.165) is 5.56 Å². The summed E-state index contributed by atoms with van der Waals surface area (Å²) in [7, 11) is 0. The van der Waals surface area contributed by atoms with Gasteiger partial charge in [0.1, 0.15) is 24.1 Å². The molecule has 0 fully saturated rings. The summed E-state index contributed by atoms with van der Waals surface area (Å²) in [6.07, 6.45) is 1.84. The molecule has 24 heavy (non-hydrogen) atoms. The van der Waals surface area contributed by atoms with Gasteiger partial charge in [-0.05, 0) is 12.5 Å². The van der Waals surface area contributed by atoms with Crippen LogP contribution in [0.4, 0.5) is 17.3 Å². The van der Waals surface area contributed by atoms with Gasteiger partial charge in [0.2, 0.25) is 5.91 Å². The normalized spacial score (nSPS) is 17.2. The second-order valence-corrected chi connectivity index (χ2v) is 5.53. The number of anilines is 3. The van der Waals surface area contributed by atoms with E-state index < -0.39 is 18.1 Å². The van der Waals surface area contributed by atoms with Gasteiger partial charge in [0, 0.05) is 6.42 Å². The lowest BCUT2D eigenvalue weighted by Crippen LogP contribution is -2.41. The van der Waals surface area contributed by atoms with Crippen LogP contribution in [-0.4, -0.2) is 39.0 Å². The van der Waals surface area contributed by atoms with Crippen LogP contribution >= 0.6 is 0 Å². The lowest BCUT2D eigenvalue weighted by Gasteiger charge is -2.27. The minimum absolute atomic E-state index is 0.216. The van der Waals surface area contributed by atoms with Crippen LogP contribution < -0.4 is 16.0 Å². The summed E-state index contributed by atoms with van der Waals surface area (Å²) in [5.74, 6) is -0.494. The first-order valence-electron chi connectivity index (χ1n) is 7.50. The number of amides is 1. The van der Waals surface area contributed by atoms with E-state index in [9.17, 15) is 9.59 Å². The maximum Gasteiger partial charge on any atom is 0.325 e. The van der Waals surface area contributed by atoms with Gasteiger partial charge in [0.15, 0.2) is 11.6 Å². The number of rotatable bonds is 5. The van der Waals surface area contributed by atoms with Gasteiger partial charge in [-0.3, -0.25) is 9.59 Å². The predicted molar refractivity (Wildman–Crippen MR) is 88.9 cm³/mol. The number of carbonyl (C=O) groups is 2. The van der Waals surface area contributed by atoms with Gasteiger partial charge in [0.05, 0.1) is 0 Å².